The fraction of sp³-hybridized carbons (Fsp3) is 0.364. The number of aliphatic hydroxyl groups is 1. The molecule has 0 spiro atoms. The molecule has 1 amide bonds. The van der Waals surface area contributed by atoms with Crippen LogP contribution in [-0.4, -0.2) is 35.9 Å². The van der Waals surface area contributed by atoms with E-state index >= 15 is 4.39 Å². The standard InChI is InChI=1S/C22H24FIN4O4/c1-11-8-13(24)4-5-15(11)26-18-14(20(30)32-10-12-2-3-12)9-16-19(17(18)23)28-22(27-16,6-7-29)21(25)31/h4-5,8-9,12,26-29H,2-3,6-7,10H2,1H3,(H2,25,31). The zero-order valence-electron chi connectivity index (χ0n) is 17.4. The fourth-order valence-electron chi connectivity index (χ4n) is 3.63. The summed E-state index contributed by atoms with van der Waals surface area (Å²) in [5.74, 6) is -1.87. The Kier molecular flexibility index (Phi) is 6.17. The number of aliphatic hydroxyl groups excluding tert-OH is 1. The van der Waals surface area contributed by atoms with Gasteiger partial charge in [0.25, 0.3) is 5.91 Å². The minimum Gasteiger partial charge on any atom is -0.462 e. The van der Waals surface area contributed by atoms with Crippen molar-refractivity contribution in [1.82, 2.24) is 0 Å². The molecule has 1 unspecified atom stereocenters. The Bertz CT molecular complexity index is 1090. The van der Waals surface area contributed by atoms with Crippen molar-refractivity contribution >= 4 is 57.2 Å². The predicted molar refractivity (Wildman–Crippen MR) is 127 cm³/mol. The Morgan fingerprint density at radius 3 is 2.72 bits per heavy atom. The molecule has 1 heterocycles. The summed E-state index contributed by atoms with van der Waals surface area (Å²) in [5, 5.41) is 18.0. The van der Waals surface area contributed by atoms with E-state index in [1.54, 1.807) is 6.07 Å². The van der Waals surface area contributed by atoms with Gasteiger partial charge in [0.05, 0.1) is 29.2 Å². The summed E-state index contributed by atoms with van der Waals surface area (Å²) < 4.78 is 22.2. The summed E-state index contributed by atoms with van der Waals surface area (Å²) >= 11 is 2.18. The van der Waals surface area contributed by atoms with Gasteiger partial charge in [-0.25, -0.2) is 9.18 Å². The smallest absolute Gasteiger partial charge is 0.340 e. The summed E-state index contributed by atoms with van der Waals surface area (Å²) in [4.78, 5) is 25.0. The van der Waals surface area contributed by atoms with Gasteiger partial charge in [-0.15, -0.1) is 0 Å². The van der Waals surface area contributed by atoms with Crippen molar-refractivity contribution in [2.75, 3.05) is 29.2 Å². The second kappa shape index (κ2) is 8.74. The van der Waals surface area contributed by atoms with E-state index in [0.717, 1.165) is 22.0 Å². The Balaban J connectivity index is 1.76. The summed E-state index contributed by atoms with van der Waals surface area (Å²) in [7, 11) is 0. The highest BCUT2D eigenvalue weighted by Gasteiger charge is 2.44. The third kappa shape index (κ3) is 4.33. The average Bonchev–Trinajstić information content (AvgIpc) is 3.49. The maximum Gasteiger partial charge on any atom is 0.340 e. The number of benzene rings is 2. The Morgan fingerprint density at radius 2 is 2.09 bits per heavy atom. The first-order chi connectivity index (χ1) is 15.2. The zero-order valence-corrected chi connectivity index (χ0v) is 19.6. The van der Waals surface area contributed by atoms with E-state index in [2.05, 4.69) is 38.5 Å². The molecule has 32 heavy (non-hydrogen) atoms. The van der Waals surface area contributed by atoms with Crippen molar-refractivity contribution in [3.05, 3.63) is 44.8 Å². The van der Waals surface area contributed by atoms with E-state index in [9.17, 15) is 14.7 Å². The summed E-state index contributed by atoms with van der Waals surface area (Å²) in [6.45, 7) is 1.79. The Morgan fingerprint density at radius 1 is 1.34 bits per heavy atom. The minimum absolute atomic E-state index is 0.00146. The van der Waals surface area contributed by atoms with E-state index in [1.165, 1.54) is 6.07 Å². The number of amides is 1. The number of carbonyl (C=O) groups excluding carboxylic acids is 2. The van der Waals surface area contributed by atoms with Crippen LogP contribution in [0.25, 0.3) is 0 Å². The number of hydrogen-bond donors (Lipinski definition) is 5. The normalized spacial score (nSPS) is 19.0. The largest absolute Gasteiger partial charge is 0.462 e. The van der Waals surface area contributed by atoms with Crippen molar-refractivity contribution < 1.29 is 23.8 Å². The van der Waals surface area contributed by atoms with Gasteiger partial charge in [0.1, 0.15) is 0 Å². The van der Waals surface area contributed by atoms with Gasteiger partial charge in [-0.3, -0.25) is 4.79 Å². The number of primary amides is 1. The first-order valence-electron chi connectivity index (χ1n) is 10.3. The maximum atomic E-state index is 15.8. The second-order valence-electron chi connectivity index (χ2n) is 8.15. The maximum absolute atomic E-state index is 15.8. The monoisotopic (exact) mass is 554 g/mol. The number of fused-ring (bicyclic) bond motifs is 1. The topological polar surface area (TPSA) is 126 Å². The van der Waals surface area contributed by atoms with Crippen molar-refractivity contribution in [3.8, 4) is 0 Å². The number of nitrogens with two attached hydrogens (primary N) is 1. The highest BCUT2D eigenvalue weighted by molar-refractivity contribution is 14.1. The van der Waals surface area contributed by atoms with Gasteiger partial charge in [0.2, 0.25) is 0 Å². The van der Waals surface area contributed by atoms with E-state index in [0.29, 0.717) is 11.6 Å². The molecule has 1 fully saturated rings. The van der Waals surface area contributed by atoms with Crippen LogP contribution in [-0.2, 0) is 9.53 Å². The predicted octanol–water partition coefficient (Wildman–Crippen LogP) is 3.45. The lowest BCUT2D eigenvalue weighted by atomic mass is 10.1. The molecule has 6 N–H and O–H groups in total. The molecule has 2 aliphatic rings. The molecule has 170 valence electrons. The lowest BCUT2D eigenvalue weighted by molar-refractivity contribution is -0.121. The van der Waals surface area contributed by atoms with E-state index in [4.69, 9.17) is 10.5 Å². The first-order valence-corrected chi connectivity index (χ1v) is 11.4. The Labute approximate surface area is 198 Å². The van der Waals surface area contributed by atoms with Crippen LogP contribution in [0, 0.1) is 22.2 Å². The lowest BCUT2D eigenvalue weighted by Gasteiger charge is -2.26. The number of anilines is 4. The number of halogens is 2. The number of nitrogens with one attached hydrogen (secondary N) is 3. The lowest BCUT2D eigenvalue weighted by Crippen LogP contribution is -2.54. The number of hydrogen-bond acceptors (Lipinski definition) is 7. The number of aryl methyl sites for hydroxylation is 1. The average molecular weight is 554 g/mol. The number of ether oxygens (including phenoxy) is 1. The number of carbonyl (C=O) groups is 2. The second-order valence-corrected chi connectivity index (χ2v) is 9.40. The molecular formula is C22H24FIN4O4. The van der Waals surface area contributed by atoms with E-state index in [-0.39, 0.29) is 42.3 Å². The van der Waals surface area contributed by atoms with Gasteiger partial charge in [-0.2, -0.15) is 0 Å². The van der Waals surface area contributed by atoms with E-state index < -0.39 is 23.4 Å². The van der Waals surface area contributed by atoms with Gasteiger partial charge in [0, 0.05) is 22.3 Å². The van der Waals surface area contributed by atoms with Gasteiger partial charge in [-0.05, 0) is 78.1 Å². The molecule has 1 aliphatic heterocycles. The van der Waals surface area contributed by atoms with Crippen molar-refractivity contribution in [2.45, 2.75) is 31.8 Å². The van der Waals surface area contributed by atoms with Gasteiger partial charge in [0.15, 0.2) is 11.5 Å². The molecular weight excluding hydrogens is 530 g/mol. The van der Waals surface area contributed by atoms with Gasteiger partial charge >= 0.3 is 5.97 Å². The molecule has 0 saturated heterocycles. The fourth-order valence-corrected chi connectivity index (χ4v) is 4.27. The van der Waals surface area contributed by atoms with Crippen molar-refractivity contribution in [2.24, 2.45) is 11.7 Å². The van der Waals surface area contributed by atoms with Crippen LogP contribution in [0.4, 0.5) is 27.1 Å². The molecule has 0 aromatic heterocycles. The molecule has 4 rings (SSSR count). The third-order valence-corrected chi connectivity index (χ3v) is 6.35. The summed E-state index contributed by atoms with van der Waals surface area (Å²) in [5.41, 5.74) is 5.57. The molecule has 2 aromatic rings. The molecule has 1 saturated carbocycles. The Hall–Kier alpha value is -2.60. The highest BCUT2D eigenvalue weighted by atomic mass is 127. The summed E-state index contributed by atoms with van der Waals surface area (Å²) in [6.07, 6.45) is 1.93. The van der Waals surface area contributed by atoms with E-state index in [1.807, 2.05) is 19.1 Å². The SMILES string of the molecule is Cc1cc(I)ccc1Nc1c(C(=O)OCC2CC2)cc2c(c1F)NC(CCO)(C(N)=O)N2. The first kappa shape index (κ1) is 22.6. The number of rotatable bonds is 8. The molecule has 2 aromatic carbocycles. The quantitative estimate of drug-likeness (QED) is 0.250. The van der Waals surface area contributed by atoms with Crippen molar-refractivity contribution in [3.63, 3.8) is 0 Å². The van der Waals surface area contributed by atoms with Gasteiger partial charge < -0.3 is 31.5 Å². The van der Waals surface area contributed by atoms with Crippen LogP contribution in [0.15, 0.2) is 24.3 Å². The van der Waals surface area contributed by atoms with Crippen LogP contribution >= 0.6 is 22.6 Å². The van der Waals surface area contributed by atoms with Crippen LogP contribution in [0.5, 0.6) is 0 Å². The molecule has 10 heteroatoms. The molecule has 1 atom stereocenters. The number of esters is 1. The minimum atomic E-state index is -1.56. The van der Waals surface area contributed by atoms with Crippen LogP contribution in [0.3, 0.4) is 0 Å². The van der Waals surface area contributed by atoms with Crippen molar-refractivity contribution in [1.29, 1.82) is 0 Å². The molecule has 0 radical (unpaired) electrons. The van der Waals surface area contributed by atoms with Crippen LogP contribution < -0.4 is 21.7 Å². The van der Waals surface area contributed by atoms with Crippen LogP contribution in [0.1, 0.15) is 35.2 Å². The summed E-state index contributed by atoms with van der Waals surface area (Å²) in [6, 6.07) is 7.03. The van der Waals surface area contributed by atoms with Crippen LogP contribution in [0.2, 0.25) is 0 Å². The molecule has 8 nitrogen and oxygen atoms in total. The molecule has 1 aliphatic carbocycles. The highest BCUT2D eigenvalue weighted by Crippen LogP contribution is 2.43. The molecule has 0 bridgehead atoms. The van der Waals surface area contributed by atoms with Gasteiger partial charge in [-0.1, -0.05) is 0 Å². The third-order valence-electron chi connectivity index (χ3n) is 5.68. The zero-order chi connectivity index (χ0) is 23.0.